The summed E-state index contributed by atoms with van der Waals surface area (Å²) in [5.74, 6) is -2.89. The first-order chi connectivity index (χ1) is 30.5. The number of rotatable bonds is 9. The van der Waals surface area contributed by atoms with Gasteiger partial charge in [0.1, 0.15) is 23.9 Å². The Bertz CT molecular complexity index is 2460. The van der Waals surface area contributed by atoms with Crippen LogP contribution in [0.3, 0.4) is 0 Å². The molecule has 4 heterocycles. The van der Waals surface area contributed by atoms with Crippen molar-refractivity contribution in [2.75, 3.05) is 33.3 Å². The van der Waals surface area contributed by atoms with Gasteiger partial charge in [-0.15, -0.1) is 0 Å². The number of phenols is 1. The molecule has 0 aliphatic carbocycles. The number of nitrogens with one attached hydrogen (secondary N) is 2. The van der Waals surface area contributed by atoms with Crippen LogP contribution in [0.2, 0.25) is 0 Å². The number of hydrazine groups is 1. The summed E-state index contributed by atoms with van der Waals surface area (Å²) in [7, 11) is 1.58. The Morgan fingerprint density at radius 2 is 1.81 bits per heavy atom. The molecule has 14 nitrogen and oxygen atoms in total. The number of phenolic OH excluding ortho intramolecular Hbond substituents is 1. The van der Waals surface area contributed by atoms with E-state index in [4.69, 9.17) is 4.74 Å². The Kier molecular flexibility index (Phi) is 13.7. The van der Waals surface area contributed by atoms with Crippen molar-refractivity contribution in [3.8, 4) is 28.1 Å². The van der Waals surface area contributed by atoms with Crippen molar-refractivity contribution in [1.82, 2.24) is 30.1 Å². The van der Waals surface area contributed by atoms with Crippen molar-refractivity contribution in [3.63, 3.8) is 0 Å². The molecule has 0 spiro atoms. The average molecular weight is 875 g/mol. The van der Waals surface area contributed by atoms with Crippen molar-refractivity contribution in [2.45, 2.75) is 98.0 Å². The molecule has 4 N–H and O–H groups in total. The van der Waals surface area contributed by atoms with Crippen LogP contribution in [0.25, 0.3) is 33.3 Å². The summed E-state index contributed by atoms with van der Waals surface area (Å²) in [5.41, 5.74) is 9.38. The van der Waals surface area contributed by atoms with E-state index in [-0.39, 0.29) is 56.2 Å². The molecule has 14 heteroatoms. The SMILES string of the molecule is C=CC(=O)N1CC[C@H](C(=O)N(C)[C@H](C(=O)N[C@H]2Cc3cc(O)cc(c3)-c3ccc4c(c3)c(c(-c3ccccc3CO)n4CC)CC(C)(C)COC(=O)[C@@H]3CCCN(N3)C2=O)C(C)C)C1. The number of hydrogen-bond donors (Lipinski definition) is 4. The van der Waals surface area contributed by atoms with E-state index in [1.54, 1.807) is 24.1 Å². The first-order valence-electron chi connectivity index (χ1n) is 22.4. The van der Waals surface area contributed by atoms with Gasteiger partial charge >= 0.3 is 5.97 Å². The number of benzene rings is 3. The number of aryl methyl sites for hydroxylation is 1. The van der Waals surface area contributed by atoms with E-state index in [0.29, 0.717) is 49.9 Å². The van der Waals surface area contributed by atoms with Gasteiger partial charge in [-0.25, -0.2) is 5.43 Å². The minimum atomic E-state index is -1.17. The third-order valence-electron chi connectivity index (χ3n) is 13.0. The van der Waals surface area contributed by atoms with Crippen LogP contribution >= 0.6 is 0 Å². The Balaban J connectivity index is 1.30. The second-order valence-corrected chi connectivity index (χ2v) is 18.6. The van der Waals surface area contributed by atoms with Crippen molar-refractivity contribution in [3.05, 3.63) is 90.0 Å². The fraction of sp³-hybridized carbons (Fsp3) is 0.460. The number of likely N-dealkylation sites (N-methyl/N-ethyl adjacent to an activating group) is 1. The Morgan fingerprint density at radius 3 is 2.53 bits per heavy atom. The number of aliphatic hydroxyl groups excluding tert-OH is 1. The predicted octanol–water partition coefficient (Wildman–Crippen LogP) is 5.36. The number of hydrogen-bond acceptors (Lipinski definition) is 9. The van der Waals surface area contributed by atoms with Gasteiger partial charge in [-0.2, -0.15) is 0 Å². The molecule has 0 saturated carbocycles. The molecule has 3 aliphatic rings. The minimum absolute atomic E-state index is 0.0149. The lowest BCUT2D eigenvalue weighted by Crippen LogP contribution is -2.62. The van der Waals surface area contributed by atoms with E-state index >= 15 is 0 Å². The first kappa shape index (κ1) is 46.0. The molecule has 1 aromatic heterocycles. The summed E-state index contributed by atoms with van der Waals surface area (Å²) >= 11 is 0. The molecule has 0 unspecified atom stereocenters. The standard InChI is InChI=1S/C50H62N6O8/c1-8-43(59)54-20-18-33(27-54)47(61)53(7)44(30(3)4)46(60)51-41-23-31-21-35(24-36(58)22-31)32-16-17-42-38(25-32)39(45(55(42)9-2)37-14-11-10-13-34(37)28-57)26-50(5,6)29-64-49(63)40-15-12-19-56(52-40)48(41)62/h8,10-11,13-14,16-17,21-22,24-25,30,33,40-41,44,52,57-58H,1,9,12,15,18-20,23,26-29H2,2-7H3,(H,51,60)/t33-,40-,41-,44-/m0/s1. The van der Waals surface area contributed by atoms with Crippen molar-refractivity contribution >= 4 is 40.5 Å². The number of aliphatic hydroxyl groups is 1. The lowest BCUT2D eigenvalue weighted by Gasteiger charge is -2.37. The molecule has 7 rings (SSSR count). The zero-order valence-electron chi connectivity index (χ0n) is 37.9. The third-order valence-corrected chi connectivity index (χ3v) is 13.0. The van der Waals surface area contributed by atoms with Gasteiger partial charge in [0.05, 0.1) is 24.8 Å². The van der Waals surface area contributed by atoms with Crippen LogP contribution in [-0.4, -0.2) is 111 Å². The number of nitrogens with zero attached hydrogens (tertiary/aromatic N) is 4. The van der Waals surface area contributed by atoms with Crippen LogP contribution in [0.15, 0.2) is 73.3 Å². The van der Waals surface area contributed by atoms with Gasteiger partial charge in [0.25, 0.3) is 5.91 Å². The zero-order chi connectivity index (χ0) is 46.0. The quantitative estimate of drug-likeness (QED) is 0.128. The van der Waals surface area contributed by atoms with Crippen LogP contribution < -0.4 is 10.7 Å². The molecule has 4 aromatic rings. The van der Waals surface area contributed by atoms with Crippen molar-refractivity contribution in [1.29, 1.82) is 0 Å². The summed E-state index contributed by atoms with van der Waals surface area (Å²) in [6, 6.07) is 16.2. The molecule has 3 aliphatic heterocycles. The lowest BCUT2D eigenvalue weighted by molar-refractivity contribution is -0.155. The highest BCUT2D eigenvalue weighted by molar-refractivity contribution is 5.96. The van der Waals surface area contributed by atoms with Gasteiger partial charge in [0.2, 0.25) is 17.7 Å². The summed E-state index contributed by atoms with van der Waals surface area (Å²) in [5, 5.41) is 27.1. The maximum absolute atomic E-state index is 14.7. The lowest BCUT2D eigenvalue weighted by atomic mass is 9.84. The van der Waals surface area contributed by atoms with E-state index in [2.05, 4.69) is 54.8 Å². The largest absolute Gasteiger partial charge is 0.508 e. The summed E-state index contributed by atoms with van der Waals surface area (Å²) in [6.45, 7) is 14.9. The molecule has 340 valence electrons. The number of aromatic nitrogens is 1. The number of carbonyl (C=O) groups excluding carboxylic acids is 5. The van der Waals surface area contributed by atoms with Gasteiger partial charge in [0.15, 0.2) is 0 Å². The number of carbonyl (C=O) groups is 5. The van der Waals surface area contributed by atoms with Gasteiger partial charge in [0, 0.05) is 61.5 Å². The van der Waals surface area contributed by atoms with Crippen LogP contribution in [0.5, 0.6) is 5.75 Å². The van der Waals surface area contributed by atoms with Crippen molar-refractivity contribution < 1.29 is 38.9 Å². The van der Waals surface area contributed by atoms with Gasteiger partial charge in [-0.05, 0) is 96.7 Å². The smallest absolute Gasteiger partial charge is 0.324 e. The van der Waals surface area contributed by atoms with E-state index in [9.17, 15) is 34.2 Å². The van der Waals surface area contributed by atoms with E-state index in [1.165, 1.54) is 16.0 Å². The highest BCUT2D eigenvalue weighted by Crippen LogP contribution is 2.41. The van der Waals surface area contributed by atoms with E-state index < -0.39 is 47.2 Å². The second kappa shape index (κ2) is 19.0. The van der Waals surface area contributed by atoms with Crippen LogP contribution in [0, 0.1) is 17.3 Å². The van der Waals surface area contributed by atoms with E-state index in [0.717, 1.165) is 38.9 Å². The number of esters is 1. The monoisotopic (exact) mass is 874 g/mol. The van der Waals surface area contributed by atoms with Gasteiger partial charge < -0.3 is 34.6 Å². The Hall–Kier alpha value is -5.99. The molecule has 4 amide bonds. The topological polar surface area (TPSA) is 174 Å². The number of amides is 4. The third kappa shape index (κ3) is 9.44. The molecule has 3 aromatic carbocycles. The fourth-order valence-corrected chi connectivity index (χ4v) is 9.80. The number of ether oxygens (including phenoxy) is 1. The maximum atomic E-state index is 14.7. The number of aromatic hydroxyl groups is 1. The van der Waals surface area contributed by atoms with Crippen LogP contribution in [0.4, 0.5) is 0 Å². The van der Waals surface area contributed by atoms with Crippen LogP contribution in [0.1, 0.15) is 70.6 Å². The van der Waals surface area contributed by atoms with Gasteiger partial charge in [-0.1, -0.05) is 70.7 Å². The maximum Gasteiger partial charge on any atom is 0.324 e. The minimum Gasteiger partial charge on any atom is -0.508 e. The molecule has 4 atom stereocenters. The average Bonchev–Trinajstić information content (AvgIpc) is 3.89. The molecule has 6 bridgehead atoms. The van der Waals surface area contributed by atoms with Crippen molar-refractivity contribution in [2.24, 2.45) is 17.3 Å². The Morgan fingerprint density at radius 1 is 1.05 bits per heavy atom. The summed E-state index contributed by atoms with van der Waals surface area (Å²) in [6.07, 6.45) is 3.13. The summed E-state index contributed by atoms with van der Waals surface area (Å²) < 4.78 is 8.32. The number of likely N-dealkylation sites (tertiary alicyclic amines) is 1. The highest BCUT2D eigenvalue weighted by Gasteiger charge is 2.40. The fourth-order valence-electron chi connectivity index (χ4n) is 9.80. The second-order valence-electron chi connectivity index (χ2n) is 18.6. The number of fused-ring (bicyclic) bond motifs is 6. The molecule has 0 radical (unpaired) electrons. The van der Waals surface area contributed by atoms with Crippen LogP contribution in [-0.2, 0) is 54.7 Å². The van der Waals surface area contributed by atoms with E-state index in [1.807, 2.05) is 50.2 Å². The number of cyclic esters (lactones) is 1. The molecule has 2 fully saturated rings. The first-order valence-corrected chi connectivity index (χ1v) is 22.4. The Labute approximate surface area is 375 Å². The normalized spacial score (nSPS) is 20.7. The highest BCUT2D eigenvalue weighted by atomic mass is 16.5. The molecule has 2 saturated heterocycles. The summed E-state index contributed by atoms with van der Waals surface area (Å²) in [4.78, 5) is 72.2. The zero-order valence-corrected chi connectivity index (χ0v) is 37.9. The predicted molar refractivity (Wildman–Crippen MR) is 244 cm³/mol. The molecule has 64 heavy (non-hydrogen) atoms. The van der Waals surface area contributed by atoms with Gasteiger partial charge in [-0.3, -0.25) is 29.0 Å². The molecular formula is C50H62N6O8. The molecular weight excluding hydrogens is 813 g/mol.